The minimum Gasteiger partial charge on any atom is -0.366 e. The van der Waals surface area contributed by atoms with Crippen molar-refractivity contribution in [3.8, 4) is 0 Å². The average Bonchev–Trinajstić information content (AvgIpc) is 2.25. The molecular formula is C12H22BrNO2. The van der Waals surface area contributed by atoms with Gasteiger partial charge in [0.15, 0.2) is 0 Å². The third kappa shape index (κ3) is 4.83. The van der Waals surface area contributed by atoms with Gasteiger partial charge < -0.3 is 9.64 Å². The summed E-state index contributed by atoms with van der Waals surface area (Å²) >= 11 is 3.49. The Morgan fingerprint density at radius 3 is 2.75 bits per heavy atom. The zero-order chi connectivity index (χ0) is 12.2. The molecule has 0 aromatic heterocycles. The summed E-state index contributed by atoms with van der Waals surface area (Å²) in [5.41, 5.74) is -0.236. The fourth-order valence-electron chi connectivity index (χ4n) is 1.79. The largest absolute Gasteiger partial charge is 0.366 e. The first kappa shape index (κ1) is 14.0. The van der Waals surface area contributed by atoms with Crippen LogP contribution in [0.3, 0.4) is 0 Å². The Bertz CT molecular complexity index is 238. The molecule has 1 fully saturated rings. The average molecular weight is 292 g/mol. The van der Waals surface area contributed by atoms with Crippen LogP contribution in [-0.2, 0) is 9.53 Å². The lowest BCUT2D eigenvalue weighted by molar-refractivity contribution is -0.142. The van der Waals surface area contributed by atoms with Gasteiger partial charge in [0.05, 0.1) is 5.60 Å². The van der Waals surface area contributed by atoms with Crippen LogP contribution in [0.5, 0.6) is 0 Å². The quantitative estimate of drug-likeness (QED) is 0.748. The maximum Gasteiger partial charge on any atom is 0.248 e. The molecule has 1 unspecified atom stereocenters. The molecule has 0 bridgehead atoms. The van der Waals surface area contributed by atoms with Crippen molar-refractivity contribution in [2.75, 3.05) is 25.0 Å². The van der Waals surface area contributed by atoms with Crippen LogP contribution in [0.4, 0.5) is 0 Å². The number of halogens is 1. The van der Waals surface area contributed by atoms with E-state index in [0.717, 1.165) is 24.8 Å². The van der Waals surface area contributed by atoms with Crippen molar-refractivity contribution >= 4 is 21.8 Å². The Balaban J connectivity index is 2.36. The molecule has 1 atom stereocenters. The van der Waals surface area contributed by atoms with Crippen LogP contribution in [0, 0.1) is 5.92 Å². The third-order valence-electron chi connectivity index (χ3n) is 2.72. The molecule has 1 saturated heterocycles. The monoisotopic (exact) mass is 291 g/mol. The van der Waals surface area contributed by atoms with Crippen molar-refractivity contribution in [2.24, 2.45) is 5.92 Å². The molecule has 0 aromatic carbocycles. The third-order valence-corrected chi connectivity index (χ3v) is 3.63. The highest BCUT2D eigenvalue weighted by Gasteiger charge is 2.24. The van der Waals surface area contributed by atoms with Crippen LogP contribution in [0.2, 0.25) is 0 Å². The predicted octanol–water partition coefficient (Wildman–Crippen LogP) is 2.44. The van der Waals surface area contributed by atoms with Gasteiger partial charge in [-0.2, -0.15) is 0 Å². The minimum atomic E-state index is -0.236. The lowest BCUT2D eigenvalue weighted by Gasteiger charge is -2.32. The molecule has 0 spiro atoms. The van der Waals surface area contributed by atoms with Crippen LogP contribution in [0.15, 0.2) is 0 Å². The first-order chi connectivity index (χ1) is 7.42. The lowest BCUT2D eigenvalue weighted by Crippen LogP contribution is -2.43. The standard InChI is InChI=1S/C12H22BrNO2/c1-12(2,3)16-9-11(15)14-6-4-5-10(7-13)8-14/h10H,4-9H2,1-3H3. The van der Waals surface area contributed by atoms with Crippen LogP contribution in [0.1, 0.15) is 33.6 Å². The highest BCUT2D eigenvalue weighted by atomic mass is 79.9. The van der Waals surface area contributed by atoms with E-state index in [4.69, 9.17) is 4.74 Å². The maximum absolute atomic E-state index is 11.9. The molecule has 0 aliphatic carbocycles. The summed E-state index contributed by atoms with van der Waals surface area (Å²) in [7, 11) is 0. The van der Waals surface area contributed by atoms with Gasteiger partial charge in [0.25, 0.3) is 0 Å². The summed E-state index contributed by atoms with van der Waals surface area (Å²) in [6.45, 7) is 7.87. The van der Waals surface area contributed by atoms with E-state index in [1.165, 1.54) is 6.42 Å². The van der Waals surface area contributed by atoms with E-state index < -0.39 is 0 Å². The van der Waals surface area contributed by atoms with Gasteiger partial charge in [0.1, 0.15) is 6.61 Å². The molecular weight excluding hydrogens is 270 g/mol. The fraction of sp³-hybridized carbons (Fsp3) is 0.917. The van der Waals surface area contributed by atoms with Gasteiger partial charge in [-0.25, -0.2) is 0 Å². The first-order valence-electron chi connectivity index (χ1n) is 5.90. The van der Waals surface area contributed by atoms with Crippen molar-refractivity contribution in [1.29, 1.82) is 0 Å². The van der Waals surface area contributed by atoms with Crippen LogP contribution < -0.4 is 0 Å². The summed E-state index contributed by atoms with van der Waals surface area (Å²) in [6.07, 6.45) is 2.33. The molecule has 1 heterocycles. The van der Waals surface area contributed by atoms with E-state index in [-0.39, 0.29) is 18.1 Å². The van der Waals surface area contributed by atoms with Crippen molar-refractivity contribution in [2.45, 2.75) is 39.2 Å². The Labute approximate surface area is 107 Å². The van der Waals surface area contributed by atoms with Crippen LogP contribution in [-0.4, -0.2) is 41.4 Å². The topological polar surface area (TPSA) is 29.5 Å². The summed E-state index contributed by atoms with van der Waals surface area (Å²) in [5, 5.41) is 0.983. The van der Waals surface area contributed by atoms with Crippen LogP contribution in [0.25, 0.3) is 0 Å². The van der Waals surface area contributed by atoms with Gasteiger partial charge in [0, 0.05) is 18.4 Å². The van der Waals surface area contributed by atoms with Crippen molar-refractivity contribution in [3.05, 3.63) is 0 Å². The molecule has 0 radical (unpaired) electrons. The first-order valence-corrected chi connectivity index (χ1v) is 7.02. The van der Waals surface area contributed by atoms with E-state index in [2.05, 4.69) is 15.9 Å². The van der Waals surface area contributed by atoms with Crippen molar-refractivity contribution in [1.82, 2.24) is 4.90 Å². The number of hydrogen-bond donors (Lipinski definition) is 0. The Morgan fingerprint density at radius 1 is 1.50 bits per heavy atom. The molecule has 0 saturated carbocycles. The zero-order valence-electron chi connectivity index (χ0n) is 10.5. The number of carbonyl (C=O) groups excluding carboxylic acids is 1. The molecule has 16 heavy (non-hydrogen) atoms. The molecule has 1 aliphatic heterocycles. The van der Waals surface area contributed by atoms with Gasteiger partial charge in [0.2, 0.25) is 5.91 Å². The zero-order valence-corrected chi connectivity index (χ0v) is 12.0. The number of rotatable bonds is 3. The number of amides is 1. The summed E-state index contributed by atoms with van der Waals surface area (Å²) in [6, 6.07) is 0. The summed E-state index contributed by atoms with van der Waals surface area (Å²) < 4.78 is 5.51. The highest BCUT2D eigenvalue weighted by Crippen LogP contribution is 2.18. The molecule has 0 N–H and O–H groups in total. The molecule has 1 amide bonds. The van der Waals surface area contributed by atoms with Gasteiger partial charge in [-0.05, 0) is 39.5 Å². The predicted molar refractivity (Wildman–Crippen MR) is 68.8 cm³/mol. The normalized spacial score (nSPS) is 22.2. The van der Waals surface area contributed by atoms with Crippen LogP contribution >= 0.6 is 15.9 Å². The Morgan fingerprint density at radius 2 is 2.19 bits per heavy atom. The minimum absolute atomic E-state index is 0.126. The second-order valence-electron chi connectivity index (χ2n) is 5.40. The number of hydrogen-bond acceptors (Lipinski definition) is 2. The Hall–Kier alpha value is -0.0900. The number of alkyl halides is 1. The number of ether oxygens (including phenoxy) is 1. The molecule has 94 valence electrons. The number of nitrogens with zero attached hydrogens (tertiary/aromatic N) is 1. The SMILES string of the molecule is CC(C)(C)OCC(=O)N1CCCC(CBr)C1. The second-order valence-corrected chi connectivity index (χ2v) is 6.05. The smallest absolute Gasteiger partial charge is 0.248 e. The Kier molecular flexibility index (Phi) is 5.25. The summed E-state index contributed by atoms with van der Waals surface area (Å²) in [4.78, 5) is 13.8. The summed E-state index contributed by atoms with van der Waals surface area (Å²) in [5.74, 6) is 0.730. The maximum atomic E-state index is 11.9. The van der Waals surface area contributed by atoms with E-state index in [1.54, 1.807) is 0 Å². The van der Waals surface area contributed by atoms with E-state index in [0.29, 0.717) is 5.92 Å². The lowest BCUT2D eigenvalue weighted by atomic mass is 10.0. The number of likely N-dealkylation sites (tertiary alicyclic amines) is 1. The molecule has 3 nitrogen and oxygen atoms in total. The van der Waals surface area contributed by atoms with Gasteiger partial charge in [-0.15, -0.1) is 0 Å². The van der Waals surface area contributed by atoms with Crippen molar-refractivity contribution < 1.29 is 9.53 Å². The number of carbonyl (C=O) groups is 1. The molecule has 0 aromatic rings. The van der Waals surface area contributed by atoms with Gasteiger partial charge >= 0.3 is 0 Å². The fourth-order valence-corrected chi connectivity index (χ4v) is 2.32. The second kappa shape index (κ2) is 6.01. The van der Waals surface area contributed by atoms with Gasteiger partial charge in [-0.3, -0.25) is 4.79 Å². The highest BCUT2D eigenvalue weighted by molar-refractivity contribution is 9.09. The van der Waals surface area contributed by atoms with E-state index in [9.17, 15) is 4.79 Å². The molecule has 1 aliphatic rings. The van der Waals surface area contributed by atoms with Gasteiger partial charge in [-0.1, -0.05) is 15.9 Å². The molecule has 4 heteroatoms. The van der Waals surface area contributed by atoms with E-state index >= 15 is 0 Å². The number of piperidine rings is 1. The molecule has 1 rings (SSSR count). The van der Waals surface area contributed by atoms with Crippen molar-refractivity contribution in [3.63, 3.8) is 0 Å². The van der Waals surface area contributed by atoms with E-state index in [1.807, 2.05) is 25.7 Å².